The number of carbonyl (C=O) groups is 2. The molecular formula is C26H25N3O5. The van der Waals surface area contributed by atoms with E-state index in [0.29, 0.717) is 40.8 Å². The highest BCUT2D eigenvalue weighted by molar-refractivity contribution is 6.36. The van der Waals surface area contributed by atoms with Gasteiger partial charge in [0.2, 0.25) is 0 Å². The Morgan fingerprint density at radius 2 is 1.65 bits per heavy atom. The van der Waals surface area contributed by atoms with Crippen molar-refractivity contribution in [1.29, 1.82) is 0 Å². The summed E-state index contributed by atoms with van der Waals surface area (Å²) < 4.78 is 16.4. The minimum absolute atomic E-state index is 0.0492. The van der Waals surface area contributed by atoms with Crippen molar-refractivity contribution in [3.8, 4) is 17.2 Å². The van der Waals surface area contributed by atoms with E-state index in [0.717, 1.165) is 0 Å². The van der Waals surface area contributed by atoms with Gasteiger partial charge >= 0.3 is 0 Å². The van der Waals surface area contributed by atoms with E-state index in [1.54, 1.807) is 48.7 Å². The number of amides is 2. The van der Waals surface area contributed by atoms with Gasteiger partial charge in [-0.15, -0.1) is 0 Å². The Balaban J connectivity index is 1.80. The van der Waals surface area contributed by atoms with Crippen LogP contribution in [0.25, 0.3) is 5.57 Å². The number of benzene rings is 2. The first-order valence-corrected chi connectivity index (χ1v) is 10.8. The molecule has 8 nitrogen and oxygen atoms in total. The van der Waals surface area contributed by atoms with Crippen LogP contribution in [-0.2, 0) is 16.1 Å². The predicted molar refractivity (Wildman–Crippen MR) is 127 cm³/mol. The molecular weight excluding hydrogens is 434 g/mol. The summed E-state index contributed by atoms with van der Waals surface area (Å²) in [5, 5.41) is 3.15. The lowest BCUT2D eigenvalue weighted by molar-refractivity contribution is -0.137. The molecule has 0 atom stereocenters. The van der Waals surface area contributed by atoms with Crippen LogP contribution >= 0.6 is 0 Å². The van der Waals surface area contributed by atoms with E-state index in [-0.39, 0.29) is 17.8 Å². The largest absolute Gasteiger partial charge is 0.493 e. The Hall–Kier alpha value is -4.33. The fourth-order valence-corrected chi connectivity index (χ4v) is 3.73. The zero-order chi connectivity index (χ0) is 24.1. The maximum absolute atomic E-state index is 13.6. The number of hydrogen-bond donors (Lipinski definition) is 1. The minimum atomic E-state index is -0.452. The number of hydrogen-bond acceptors (Lipinski definition) is 7. The van der Waals surface area contributed by atoms with Crippen LogP contribution < -0.4 is 19.5 Å². The van der Waals surface area contributed by atoms with E-state index in [1.807, 2.05) is 25.1 Å². The Labute approximate surface area is 197 Å². The van der Waals surface area contributed by atoms with E-state index < -0.39 is 11.8 Å². The summed E-state index contributed by atoms with van der Waals surface area (Å²) >= 11 is 0. The van der Waals surface area contributed by atoms with Crippen molar-refractivity contribution in [3.05, 3.63) is 83.8 Å². The summed E-state index contributed by atoms with van der Waals surface area (Å²) in [5.41, 5.74) is 2.09. The number of carbonyl (C=O) groups excluding carboxylic acids is 2. The average Bonchev–Trinajstić information content (AvgIpc) is 3.09. The van der Waals surface area contributed by atoms with Gasteiger partial charge < -0.3 is 19.5 Å². The van der Waals surface area contributed by atoms with Crippen molar-refractivity contribution in [2.24, 2.45) is 0 Å². The second kappa shape index (κ2) is 10.1. The number of nitrogens with zero attached hydrogens (tertiary/aromatic N) is 2. The molecule has 1 aromatic heterocycles. The van der Waals surface area contributed by atoms with Gasteiger partial charge in [-0.05, 0) is 48.9 Å². The molecule has 0 saturated carbocycles. The average molecular weight is 460 g/mol. The number of aromatic nitrogens is 1. The van der Waals surface area contributed by atoms with Crippen molar-refractivity contribution in [2.45, 2.75) is 13.5 Å². The van der Waals surface area contributed by atoms with Crippen LogP contribution in [0.3, 0.4) is 0 Å². The molecule has 0 fully saturated rings. The number of rotatable bonds is 9. The van der Waals surface area contributed by atoms with Crippen LogP contribution in [-0.4, -0.2) is 42.5 Å². The Morgan fingerprint density at radius 1 is 0.882 bits per heavy atom. The number of para-hydroxylation sites is 2. The summed E-state index contributed by atoms with van der Waals surface area (Å²) in [7, 11) is 3.05. The molecule has 0 saturated heterocycles. The number of pyridine rings is 1. The smallest absolute Gasteiger partial charge is 0.278 e. The molecule has 2 aromatic carbocycles. The molecule has 1 aliphatic heterocycles. The predicted octanol–water partition coefficient (Wildman–Crippen LogP) is 3.89. The van der Waals surface area contributed by atoms with Crippen molar-refractivity contribution in [3.63, 3.8) is 0 Å². The monoisotopic (exact) mass is 459 g/mol. The van der Waals surface area contributed by atoms with E-state index in [9.17, 15) is 9.59 Å². The molecule has 0 unspecified atom stereocenters. The van der Waals surface area contributed by atoms with Gasteiger partial charge in [0.15, 0.2) is 11.5 Å². The third-order valence-corrected chi connectivity index (χ3v) is 5.33. The van der Waals surface area contributed by atoms with Gasteiger partial charge in [0, 0.05) is 6.20 Å². The molecule has 0 spiro atoms. The van der Waals surface area contributed by atoms with Gasteiger partial charge in [0.1, 0.15) is 11.4 Å². The van der Waals surface area contributed by atoms with E-state index in [1.165, 1.54) is 19.1 Å². The topological polar surface area (TPSA) is 90.0 Å². The molecule has 0 bridgehead atoms. The van der Waals surface area contributed by atoms with Gasteiger partial charge in [-0.25, -0.2) is 0 Å². The molecule has 0 aliphatic carbocycles. The minimum Gasteiger partial charge on any atom is -0.493 e. The zero-order valence-electron chi connectivity index (χ0n) is 19.2. The van der Waals surface area contributed by atoms with E-state index in [4.69, 9.17) is 14.2 Å². The molecule has 0 radical (unpaired) electrons. The van der Waals surface area contributed by atoms with Crippen LogP contribution in [0.5, 0.6) is 17.2 Å². The Morgan fingerprint density at radius 3 is 2.35 bits per heavy atom. The van der Waals surface area contributed by atoms with Crippen LogP contribution in [0.15, 0.2) is 72.6 Å². The molecule has 8 heteroatoms. The SMILES string of the molecule is CCOc1ccccc1NC1=C(c2ccc(OC)c(OC)c2)C(=O)N(Cc2ccccn2)C1=O. The van der Waals surface area contributed by atoms with E-state index >= 15 is 0 Å². The lowest BCUT2D eigenvalue weighted by Gasteiger charge is -2.15. The summed E-state index contributed by atoms with van der Waals surface area (Å²) in [6.45, 7) is 2.39. The van der Waals surface area contributed by atoms with Gasteiger partial charge in [-0.3, -0.25) is 19.5 Å². The van der Waals surface area contributed by atoms with Crippen molar-refractivity contribution >= 4 is 23.1 Å². The third kappa shape index (κ3) is 4.43. The second-order valence-corrected chi connectivity index (χ2v) is 7.39. The summed E-state index contributed by atoms with van der Waals surface area (Å²) in [6, 6.07) is 17.7. The first-order chi connectivity index (χ1) is 16.6. The Bertz CT molecular complexity index is 1240. The number of methoxy groups -OCH3 is 2. The number of nitrogens with one attached hydrogen (secondary N) is 1. The maximum Gasteiger partial charge on any atom is 0.278 e. The number of ether oxygens (including phenoxy) is 3. The van der Waals surface area contributed by atoms with Gasteiger partial charge in [0.25, 0.3) is 11.8 Å². The van der Waals surface area contributed by atoms with Crippen LogP contribution in [0.2, 0.25) is 0 Å². The molecule has 1 N–H and O–H groups in total. The molecule has 1 aliphatic rings. The van der Waals surface area contributed by atoms with E-state index in [2.05, 4.69) is 10.3 Å². The first kappa shape index (κ1) is 22.8. The fourth-order valence-electron chi connectivity index (χ4n) is 3.73. The van der Waals surface area contributed by atoms with Crippen LogP contribution in [0.4, 0.5) is 5.69 Å². The lowest BCUT2D eigenvalue weighted by atomic mass is 10.0. The van der Waals surface area contributed by atoms with Gasteiger partial charge in [-0.1, -0.05) is 24.3 Å². The van der Waals surface area contributed by atoms with Crippen molar-refractivity contribution < 1.29 is 23.8 Å². The quantitative estimate of drug-likeness (QED) is 0.486. The highest BCUT2D eigenvalue weighted by Crippen LogP contribution is 2.37. The van der Waals surface area contributed by atoms with Crippen molar-refractivity contribution in [1.82, 2.24) is 9.88 Å². The molecule has 3 aromatic rings. The van der Waals surface area contributed by atoms with Crippen LogP contribution in [0, 0.1) is 0 Å². The highest BCUT2D eigenvalue weighted by Gasteiger charge is 2.40. The van der Waals surface area contributed by atoms with Gasteiger partial charge in [-0.2, -0.15) is 0 Å². The first-order valence-electron chi connectivity index (χ1n) is 10.8. The van der Waals surface area contributed by atoms with Gasteiger partial charge in [0.05, 0.1) is 44.3 Å². The molecule has 174 valence electrons. The fraction of sp³-hybridized carbons (Fsp3) is 0.192. The second-order valence-electron chi connectivity index (χ2n) is 7.39. The zero-order valence-corrected chi connectivity index (χ0v) is 19.2. The lowest BCUT2D eigenvalue weighted by Crippen LogP contribution is -2.32. The standard InChI is InChI=1S/C26H25N3O5/c1-4-34-20-11-6-5-10-19(20)28-24-23(17-12-13-21(32-2)22(15-17)33-3)25(30)29(26(24)31)16-18-9-7-8-14-27-18/h5-15,28H,4,16H2,1-3H3. The third-order valence-electron chi connectivity index (χ3n) is 5.33. The van der Waals surface area contributed by atoms with Crippen LogP contribution in [0.1, 0.15) is 18.2 Å². The summed E-state index contributed by atoms with van der Waals surface area (Å²) in [6.07, 6.45) is 1.63. The number of anilines is 1. The molecule has 34 heavy (non-hydrogen) atoms. The summed E-state index contributed by atoms with van der Waals surface area (Å²) in [5.74, 6) is 0.661. The maximum atomic E-state index is 13.6. The summed E-state index contributed by atoms with van der Waals surface area (Å²) in [4.78, 5) is 32.5. The normalized spacial score (nSPS) is 13.3. The molecule has 4 rings (SSSR count). The molecule has 2 amide bonds. The Kier molecular flexibility index (Phi) is 6.77. The number of imide groups is 1. The highest BCUT2D eigenvalue weighted by atomic mass is 16.5. The van der Waals surface area contributed by atoms with Crippen molar-refractivity contribution in [2.75, 3.05) is 26.1 Å². The molecule has 2 heterocycles.